The van der Waals surface area contributed by atoms with Crippen molar-refractivity contribution in [3.05, 3.63) is 0 Å². The van der Waals surface area contributed by atoms with Gasteiger partial charge in [-0.3, -0.25) is 9.59 Å². The molecule has 0 unspecified atom stereocenters. The van der Waals surface area contributed by atoms with Gasteiger partial charge in [0.1, 0.15) is 6.04 Å². The topological polar surface area (TPSA) is 101 Å². The molecule has 0 aliphatic heterocycles. The Morgan fingerprint density at radius 1 is 1.40 bits per heavy atom. The van der Waals surface area contributed by atoms with Crippen molar-refractivity contribution in [2.24, 2.45) is 5.73 Å². The van der Waals surface area contributed by atoms with Crippen molar-refractivity contribution < 1.29 is 36.9 Å². The molecule has 10 heavy (non-hydrogen) atoms. The number of carbonyl (C=O) groups is 2. The Morgan fingerprint density at radius 3 is 1.90 bits per heavy atom. The van der Waals surface area contributed by atoms with Crippen molar-refractivity contribution in [2.45, 2.75) is 12.5 Å². The Labute approximate surface area is 67.7 Å². The Balaban J connectivity index is 0. The molecule has 5 nitrogen and oxygen atoms in total. The number of aliphatic carboxylic acids is 2. The maximum atomic E-state index is 9.85. The van der Waals surface area contributed by atoms with Gasteiger partial charge in [0.05, 0.1) is 6.42 Å². The van der Waals surface area contributed by atoms with Crippen LogP contribution in [0.3, 0.4) is 0 Å². The van der Waals surface area contributed by atoms with E-state index in [1.807, 2.05) is 0 Å². The Morgan fingerprint density at radius 2 is 1.80 bits per heavy atom. The molecule has 0 aromatic rings. The van der Waals surface area contributed by atoms with E-state index in [-0.39, 0.29) is 17.1 Å². The summed E-state index contributed by atoms with van der Waals surface area (Å²) in [5.74, 6) is -2.50. The summed E-state index contributed by atoms with van der Waals surface area (Å²) in [6, 6.07) is -1.29. The largest absolute Gasteiger partial charge is 0.481 e. The minimum Gasteiger partial charge on any atom is -0.481 e. The van der Waals surface area contributed by atoms with E-state index in [1.165, 1.54) is 0 Å². The van der Waals surface area contributed by atoms with E-state index in [2.05, 4.69) is 0 Å². The van der Waals surface area contributed by atoms with E-state index < -0.39 is 24.4 Å². The maximum absolute atomic E-state index is 9.85. The third-order valence-corrected chi connectivity index (χ3v) is 0.712. The second-order valence-electron chi connectivity index (χ2n) is 1.54. The van der Waals surface area contributed by atoms with Gasteiger partial charge in [0.15, 0.2) is 0 Å². The van der Waals surface area contributed by atoms with Crippen LogP contribution in [-0.4, -0.2) is 28.2 Å². The van der Waals surface area contributed by atoms with Gasteiger partial charge in [-0.15, -0.1) is 0 Å². The van der Waals surface area contributed by atoms with Crippen molar-refractivity contribution >= 4 is 11.9 Å². The molecule has 0 rings (SSSR count). The number of carboxylic acid groups (broad SMARTS) is 2. The van der Waals surface area contributed by atoms with Gasteiger partial charge < -0.3 is 15.9 Å². The average molecular weight is 188 g/mol. The van der Waals surface area contributed by atoms with E-state index in [4.69, 9.17) is 15.9 Å². The summed E-state index contributed by atoms with van der Waals surface area (Å²) >= 11 is 0. The molecule has 0 amide bonds. The fourth-order valence-electron chi connectivity index (χ4n) is 0.275. The van der Waals surface area contributed by atoms with Crippen LogP contribution in [0.2, 0.25) is 0 Å². The molecule has 0 spiro atoms. The van der Waals surface area contributed by atoms with Gasteiger partial charge >= 0.3 is 11.9 Å². The molecule has 0 saturated carbocycles. The smallest absolute Gasteiger partial charge is 0.321 e. The summed E-state index contributed by atoms with van der Waals surface area (Å²) < 4.78 is 0. The molecule has 0 aliphatic carbocycles. The van der Waals surface area contributed by atoms with Crippen LogP contribution in [0.25, 0.3) is 0 Å². The van der Waals surface area contributed by atoms with Crippen LogP contribution >= 0.6 is 0 Å². The molecule has 0 aliphatic rings. The van der Waals surface area contributed by atoms with E-state index in [0.717, 1.165) is 0 Å². The van der Waals surface area contributed by atoms with Crippen LogP contribution in [0.5, 0.6) is 0 Å². The van der Waals surface area contributed by atoms with Crippen LogP contribution in [0.1, 0.15) is 6.42 Å². The number of rotatable bonds is 3. The van der Waals surface area contributed by atoms with Crippen molar-refractivity contribution in [3.8, 4) is 0 Å². The van der Waals surface area contributed by atoms with E-state index in [9.17, 15) is 9.59 Å². The normalized spacial score (nSPS) is 11.3. The number of hydrogen-bond donors (Lipinski definition) is 3. The Hall–Kier alpha value is -0.581. The monoisotopic (exact) mass is 188 g/mol. The quantitative estimate of drug-likeness (QED) is 0.486. The summed E-state index contributed by atoms with van der Waals surface area (Å²) in [6.45, 7) is 0. The van der Waals surface area contributed by atoms with E-state index >= 15 is 0 Å². The van der Waals surface area contributed by atoms with Gasteiger partial charge in [-0.2, -0.15) is 0 Å². The molecule has 0 aromatic carbocycles. The van der Waals surface area contributed by atoms with Crippen molar-refractivity contribution in [1.29, 1.82) is 0 Å². The van der Waals surface area contributed by atoms with Gasteiger partial charge in [-0.05, 0) is 0 Å². The molecule has 0 saturated heterocycles. The first-order valence-electron chi connectivity index (χ1n) is 2.24. The number of hydrogen-bond acceptors (Lipinski definition) is 3. The second kappa shape index (κ2) is 5.22. The van der Waals surface area contributed by atoms with Gasteiger partial charge in [0.2, 0.25) is 0 Å². The van der Waals surface area contributed by atoms with Gasteiger partial charge in [-0.1, -0.05) is 0 Å². The predicted molar refractivity (Wildman–Crippen MR) is 27.9 cm³/mol. The average Bonchev–Trinajstić information content (AvgIpc) is 1.63. The van der Waals surface area contributed by atoms with Gasteiger partial charge in [0.25, 0.3) is 0 Å². The molecule has 6 heteroatoms. The molecule has 0 heterocycles. The van der Waals surface area contributed by atoms with E-state index in [1.54, 1.807) is 0 Å². The Bertz CT molecular complexity index is 137. The first-order chi connectivity index (χ1) is 4.04. The summed E-state index contributed by atoms with van der Waals surface area (Å²) in [6.07, 6.45) is -0.532. The van der Waals surface area contributed by atoms with Crippen LogP contribution in [0.15, 0.2) is 0 Å². The molecule has 59 valence electrons. The fraction of sp³-hybridized carbons (Fsp3) is 0.500. The third kappa shape index (κ3) is 5.55. The molecule has 0 aromatic heterocycles. The Kier molecular flexibility index (Phi) is 6.34. The SMILES string of the molecule is N[C@H](CC(=O)O)C(=O)O.[Mn]. The van der Waals surface area contributed by atoms with Crippen LogP contribution in [0.4, 0.5) is 0 Å². The first kappa shape index (κ1) is 12.1. The summed E-state index contributed by atoms with van der Waals surface area (Å²) in [5, 5.41) is 16.0. The van der Waals surface area contributed by atoms with E-state index in [0.29, 0.717) is 0 Å². The molecule has 1 atom stereocenters. The van der Waals surface area contributed by atoms with Crippen molar-refractivity contribution in [2.75, 3.05) is 0 Å². The molecule has 0 fully saturated rings. The number of carboxylic acids is 2. The minimum atomic E-state index is -1.29. The zero-order chi connectivity index (χ0) is 7.44. The zero-order valence-electron chi connectivity index (χ0n) is 4.95. The van der Waals surface area contributed by atoms with Crippen LogP contribution < -0.4 is 5.73 Å². The maximum Gasteiger partial charge on any atom is 0.321 e. The number of nitrogens with two attached hydrogens (primary N) is 1. The van der Waals surface area contributed by atoms with Gasteiger partial charge in [0, 0.05) is 17.1 Å². The molecule has 1 radical (unpaired) electrons. The summed E-state index contributed by atoms with van der Waals surface area (Å²) in [7, 11) is 0. The zero-order valence-corrected chi connectivity index (χ0v) is 6.13. The molecular formula is C4H7MnNO4. The minimum absolute atomic E-state index is 0. The van der Waals surface area contributed by atoms with Crippen LogP contribution in [0, 0.1) is 0 Å². The van der Waals surface area contributed by atoms with Crippen molar-refractivity contribution in [1.82, 2.24) is 0 Å². The fourth-order valence-corrected chi connectivity index (χ4v) is 0.275. The molecule has 4 N–H and O–H groups in total. The molecule has 0 bridgehead atoms. The van der Waals surface area contributed by atoms with Crippen LogP contribution in [-0.2, 0) is 26.7 Å². The summed E-state index contributed by atoms with van der Waals surface area (Å²) in [5.41, 5.74) is 4.84. The summed E-state index contributed by atoms with van der Waals surface area (Å²) in [4.78, 5) is 19.6. The molecular weight excluding hydrogens is 181 g/mol. The first-order valence-corrected chi connectivity index (χ1v) is 2.24. The third-order valence-electron chi connectivity index (χ3n) is 0.712. The van der Waals surface area contributed by atoms with Gasteiger partial charge in [-0.25, -0.2) is 0 Å². The van der Waals surface area contributed by atoms with Crippen molar-refractivity contribution in [3.63, 3.8) is 0 Å². The predicted octanol–water partition coefficient (Wildman–Crippen LogP) is -1.13. The second-order valence-corrected chi connectivity index (χ2v) is 1.54. The standard InChI is InChI=1S/C4H7NO4.Mn/c5-2(4(8)9)1-3(6)7;/h2H,1,5H2,(H,6,7)(H,8,9);/t2-;/m1./s1.